The van der Waals surface area contributed by atoms with Crippen LogP contribution in [-0.4, -0.2) is 0 Å². The van der Waals surface area contributed by atoms with E-state index < -0.39 is 0 Å². The summed E-state index contributed by atoms with van der Waals surface area (Å²) in [4.78, 5) is 2.89. The molecule has 0 saturated heterocycles. The zero-order valence-corrected chi connectivity index (χ0v) is 12.9. The molecule has 2 rings (SSSR count). The summed E-state index contributed by atoms with van der Waals surface area (Å²) in [5, 5.41) is 3.60. The third-order valence-corrected chi connectivity index (χ3v) is 4.77. The molecule has 0 aliphatic carbocycles. The van der Waals surface area contributed by atoms with Crippen molar-refractivity contribution in [3.8, 4) is 0 Å². The summed E-state index contributed by atoms with van der Waals surface area (Å²) in [6.07, 6.45) is 2.25. The fourth-order valence-electron chi connectivity index (χ4n) is 2.12. The number of hydrogen-bond acceptors (Lipinski definition) is 2. The molecule has 1 aromatic carbocycles. The van der Waals surface area contributed by atoms with Crippen LogP contribution >= 0.6 is 11.3 Å². The van der Waals surface area contributed by atoms with Crippen LogP contribution in [0.4, 0.5) is 0 Å². The minimum absolute atomic E-state index is 0.401. The van der Waals surface area contributed by atoms with E-state index in [0.29, 0.717) is 6.04 Å². The predicted octanol–water partition coefficient (Wildman–Crippen LogP) is 4.72. The van der Waals surface area contributed by atoms with E-state index in [1.54, 1.807) is 0 Å². The molecule has 1 atom stereocenters. The van der Waals surface area contributed by atoms with Crippen LogP contribution in [-0.2, 0) is 19.4 Å². The van der Waals surface area contributed by atoms with E-state index >= 15 is 0 Å². The Morgan fingerprint density at radius 2 is 1.63 bits per heavy atom. The van der Waals surface area contributed by atoms with Gasteiger partial charge in [-0.25, -0.2) is 0 Å². The quantitative estimate of drug-likeness (QED) is 0.802. The lowest BCUT2D eigenvalue weighted by Gasteiger charge is -2.14. The molecule has 0 spiro atoms. The largest absolute Gasteiger partial charge is 0.305 e. The lowest BCUT2D eigenvalue weighted by molar-refractivity contribution is 0.579. The Hall–Kier alpha value is -1.12. The third-order valence-electron chi connectivity index (χ3n) is 3.54. The van der Waals surface area contributed by atoms with E-state index in [-0.39, 0.29) is 0 Å². The molecular weight excluding hydrogens is 250 g/mol. The Bertz CT molecular complexity index is 498. The second-order valence-electron chi connectivity index (χ2n) is 4.92. The molecule has 19 heavy (non-hydrogen) atoms. The summed E-state index contributed by atoms with van der Waals surface area (Å²) in [5.74, 6) is 0. The van der Waals surface area contributed by atoms with Crippen molar-refractivity contribution in [2.45, 2.75) is 46.2 Å². The van der Waals surface area contributed by atoms with Gasteiger partial charge in [0.25, 0.3) is 0 Å². The molecule has 1 heterocycles. The minimum Gasteiger partial charge on any atom is -0.305 e. The Morgan fingerprint density at radius 3 is 2.21 bits per heavy atom. The van der Waals surface area contributed by atoms with Crippen LogP contribution in [0.5, 0.6) is 0 Å². The second-order valence-corrected chi connectivity index (χ2v) is 6.17. The number of thiophene rings is 1. The fourth-order valence-corrected chi connectivity index (χ4v) is 3.03. The molecule has 1 unspecified atom stereocenters. The highest BCUT2D eigenvalue weighted by Crippen LogP contribution is 2.19. The summed E-state index contributed by atoms with van der Waals surface area (Å²) in [5.41, 5.74) is 2.77. The van der Waals surface area contributed by atoms with Gasteiger partial charge in [-0.2, -0.15) is 0 Å². The van der Waals surface area contributed by atoms with Crippen LogP contribution < -0.4 is 5.32 Å². The second kappa shape index (κ2) is 6.88. The van der Waals surface area contributed by atoms with Crippen molar-refractivity contribution in [1.29, 1.82) is 0 Å². The molecule has 2 heteroatoms. The zero-order valence-electron chi connectivity index (χ0n) is 12.1. The summed E-state index contributed by atoms with van der Waals surface area (Å²) in [6, 6.07) is 13.8. The first-order valence-electron chi connectivity index (χ1n) is 7.12. The molecule has 0 bridgehead atoms. The van der Waals surface area contributed by atoms with Gasteiger partial charge in [-0.15, -0.1) is 11.3 Å². The number of hydrogen-bond donors (Lipinski definition) is 1. The molecule has 0 saturated carbocycles. The monoisotopic (exact) mass is 273 g/mol. The van der Waals surface area contributed by atoms with E-state index in [9.17, 15) is 0 Å². The van der Waals surface area contributed by atoms with Gasteiger partial charge >= 0.3 is 0 Å². The molecule has 0 aliphatic rings. The summed E-state index contributed by atoms with van der Waals surface area (Å²) < 4.78 is 0. The van der Waals surface area contributed by atoms with Gasteiger partial charge < -0.3 is 5.32 Å². The van der Waals surface area contributed by atoms with E-state index in [2.05, 4.69) is 62.5 Å². The van der Waals surface area contributed by atoms with E-state index in [1.807, 2.05) is 11.3 Å². The third kappa shape index (κ3) is 3.92. The SMILES string of the molecule is CCc1ccc(C(C)NCc2ccc(CC)s2)cc1. The zero-order chi connectivity index (χ0) is 13.7. The Kier molecular flexibility index (Phi) is 5.17. The molecule has 0 aliphatic heterocycles. The van der Waals surface area contributed by atoms with Crippen LogP contribution in [0.25, 0.3) is 0 Å². The van der Waals surface area contributed by atoms with Crippen LogP contribution in [0, 0.1) is 0 Å². The van der Waals surface area contributed by atoms with Crippen molar-refractivity contribution in [3.63, 3.8) is 0 Å². The lowest BCUT2D eigenvalue weighted by atomic mass is 10.1. The smallest absolute Gasteiger partial charge is 0.0305 e. The van der Waals surface area contributed by atoms with E-state index in [1.165, 1.54) is 20.9 Å². The fraction of sp³-hybridized carbons (Fsp3) is 0.412. The van der Waals surface area contributed by atoms with Crippen LogP contribution in [0.1, 0.15) is 47.7 Å². The van der Waals surface area contributed by atoms with Crippen molar-refractivity contribution < 1.29 is 0 Å². The van der Waals surface area contributed by atoms with Crippen LogP contribution in [0.3, 0.4) is 0 Å². The highest BCUT2D eigenvalue weighted by molar-refractivity contribution is 7.11. The van der Waals surface area contributed by atoms with Gasteiger partial charge in [0.1, 0.15) is 0 Å². The normalized spacial score (nSPS) is 12.6. The molecular formula is C17H23NS. The van der Waals surface area contributed by atoms with Crippen LogP contribution in [0.15, 0.2) is 36.4 Å². The number of rotatable bonds is 6. The van der Waals surface area contributed by atoms with Gasteiger partial charge in [-0.3, -0.25) is 0 Å². The lowest BCUT2D eigenvalue weighted by Crippen LogP contribution is -2.17. The summed E-state index contributed by atoms with van der Waals surface area (Å²) >= 11 is 1.91. The first-order chi connectivity index (χ1) is 9.22. The molecule has 102 valence electrons. The van der Waals surface area contributed by atoms with Crippen molar-refractivity contribution in [3.05, 3.63) is 57.3 Å². The van der Waals surface area contributed by atoms with Crippen LogP contribution in [0.2, 0.25) is 0 Å². The van der Waals surface area contributed by atoms with Gasteiger partial charge in [0.05, 0.1) is 0 Å². The topological polar surface area (TPSA) is 12.0 Å². The maximum absolute atomic E-state index is 3.60. The van der Waals surface area contributed by atoms with Gasteiger partial charge in [-0.05, 0) is 43.0 Å². The van der Waals surface area contributed by atoms with Crippen molar-refractivity contribution >= 4 is 11.3 Å². The molecule has 1 aromatic heterocycles. The van der Waals surface area contributed by atoms with E-state index in [0.717, 1.165) is 19.4 Å². The maximum Gasteiger partial charge on any atom is 0.0305 e. The average molecular weight is 273 g/mol. The molecule has 0 fully saturated rings. The van der Waals surface area contributed by atoms with Crippen molar-refractivity contribution in [1.82, 2.24) is 5.32 Å². The molecule has 2 aromatic rings. The van der Waals surface area contributed by atoms with Crippen molar-refractivity contribution in [2.24, 2.45) is 0 Å². The molecule has 0 amide bonds. The van der Waals surface area contributed by atoms with Gasteiger partial charge in [0.15, 0.2) is 0 Å². The minimum atomic E-state index is 0.401. The molecule has 1 nitrogen and oxygen atoms in total. The Labute approximate surface area is 120 Å². The van der Waals surface area contributed by atoms with E-state index in [4.69, 9.17) is 0 Å². The standard InChI is InChI=1S/C17H23NS/c1-4-14-6-8-15(9-7-14)13(3)18-12-17-11-10-16(5-2)19-17/h6-11,13,18H,4-5,12H2,1-3H3. The number of benzene rings is 1. The van der Waals surface area contributed by atoms with Gasteiger partial charge in [0.2, 0.25) is 0 Å². The number of aryl methyl sites for hydroxylation is 2. The first-order valence-corrected chi connectivity index (χ1v) is 7.94. The molecule has 1 N–H and O–H groups in total. The summed E-state index contributed by atoms with van der Waals surface area (Å²) in [7, 11) is 0. The van der Waals surface area contributed by atoms with Gasteiger partial charge in [0, 0.05) is 22.3 Å². The summed E-state index contributed by atoms with van der Waals surface area (Å²) in [6.45, 7) is 7.59. The Balaban J connectivity index is 1.90. The highest BCUT2D eigenvalue weighted by Gasteiger charge is 2.05. The Morgan fingerprint density at radius 1 is 0.947 bits per heavy atom. The number of nitrogens with one attached hydrogen (secondary N) is 1. The average Bonchev–Trinajstić information content (AvgIpc) is 2.93. The maximum atomic E-state index is 3.60. The molecule has 0 radical (unpaired) electrons. The first kappa shape index (κ1) is 14.3. The highest BCUT2D eigenvalue weighted by atomic mass is 32.1. The van der Waals surface area contributed by atoms with Crippen molar-refractivity contribution in [2.75, 3.05) is 0 Å². The van der Waals surface area contributed by atoms with Gasteiger partial charge in [-0.1, -0.05) is 38.1 Å². The predicted molar refractivity (Wildman–Crippen MR) is 84.8 cm³/mol.